The van der Waals surface area contributed by atoms with Gasteiger partial charge >= 0.3 is 0 Å². The van der Waals surface area contributed by atoms with Gasteiger partial charge in [0.05, 0.1) is 0 Å². The number of Topliss-reactive ketones (excluding diaryl/α,β-unsaturated/α-hetero) is 1. The van der Waals surface area contributed by atoms with Crippen molar-refractivity contribution in [1.82, 2.24) is 4.98 Å². The van der Waals surface area contributed by atoms with Crippen molar-refractivity contribution < 1.29 is 4.79 Å². The minimum Gasteiger partial charge on any atom is -0.361 e. The summed E-state index contributed by atoms with van der Waals surface area (Å²) < 4.78 is 1.04. The van der Waals surface area contributed by atoms with Gasteiger partial charge in [0, 0.05) is 39.5 Å². The Bertz CT molecular complexity index is 1030. The Labute approximate surface area is 161 Å². The number of rotatable bonds is 5. The second-order valence-electron chi connectivity index (χ2n) is 6.39. The highest BCUT2D eigenvalue weighted by Crippen LogP contribution is 2.34. The quantitative estimate of drug-likeness (QED) is 0.387. The molecule has 0 spiro atoms. The monoisotopic (exact) mass is 403 g/mol. The van der Waals surface area contributed by atoms with Crippen LogP contribution in [0.4, 0.5) is 0 Å². The lowest BCUT2D eigenvalue weighted by molar-refractivity contribution is 0.0978. The first-order valence-corrected chi connectivity index (χ1v) is 9.41. The molecule has 128 valence electrons. The van der Waals surface area contributed by atoms with Gasteiger partial charge in [-0.25, -0.2) is 0 Å². The summed E-state index contributed by atoms with van der Waals surface area (Å²) in [7, 11) is 0. The van der Waals surface area contributed by atoms with E-state index in [1.54, 1.807) is 0 Å². The molecule has 0 fully saturated rings. The SMILES string of the molecule is O=C(C[C@@H](c1ccc(Br)cc1)c1c[nH]c2ccccc12)c1ccccc1. The molecule has 1 aromatic heterocycles. The van der Waals surface area contributed by atoms with Gasteiger partial charge < -0.3 is 4.98 Å². The summed E-state index contributed by atoms with van der Waals surface area (Å²) in [6, 6.07) is 26.0. The van der Waals surface area contributed by atoms with Gasteiger partial charge in [-0.05, 0) is 29.3 Å². The van der Waals surface area contributed by atoms with Crippen LogP contribution in [-0.4, -0.2) is 10.8 Å². The van der Waals surface area contributed by atoms with E-state index >= 15 is 0 Å². The van der Waals surface area contributed by atoms with Gasteiger partial charge in [0.15, 0.2) is 5.78 Å². The highest BCUT2D eigenvalue weighted by Gasteiger charge is 2.22. The fourth-order valence-electron chi connectivity index (χ4n) is 3.41. The fourth-order valence-corrected chi connectivity index (χ4v) is 3.68. The number of hydrogen-bond acceptors (Lipinski definition) is 1. The molecule has 4 rings (SSSR count). The van der Waals surface area contributed by atoms with Gasteiger partial charge in [-0.1, -0.05) is 76.6 Å². The summed E-state index contributed by atoms with van der Waals surface area (Å²) in [6.07, 6.45) is 2.48. The zero-order valence-electron chi connectivity index (χ0n) is 14.2. The van der Waals surface area contributed by atoms with Crippen molar-refractivity contribution in [2.75, 3.05) is 0 Å². The molecule has 1 N–H and O–H groups in total. The molecule has 0 saturated carbocycles. The molecule has 3 heteroatoms. The molecule has 0 unspecified atom stereocenters. The molecule has 0 radical (unpaired) electrons. The Hall–Kier alpha value is -2.65. The molecule has 1 atom stereocenters. The van der Waals surface area contributed by atoms with Crippen LogP contribution in [0.3, 0.4) is 0 Å². The molecule has 3 aromatic carbocycles. The van der Waals surface area contributed by atoms with Gasteiger partial charge in [-0.2, -0.15) is 0 Å². The van der Waals surface area contributed by atoms with E-state index in [0.717, 1.165) is 26.7 Å². The van der Waals surface area contributed by atoms with E-state index in [-0.39, 0.29) is 11.7 Å². The van der Waals surface area contributed by atoms with Crippen molar-refractivity contribution in [3.63, 3.8) is 0 Å². The number of carbonyl (C=O) groups is 1. The first-order valence-electron chi connectivity index (χ1n) is 8.62. The predicted octanol–water partition coefficient (Wildman–Crippen LogP) is 6.34. The largest absolute Gasteiger partial charge is 0.361 e. The topological polar surface area (TPSA) is 32.9 Å². The fraction of sp³-hybridized carbons (Fsp3) is 0.0870. The average molecular weight is 404 g/mol. The van der Waals surface area contributed by atoms with E-state index in [4.69, 9.17) is 0 Å². The molecule has 0 aliphatic carbocycles. The third-order valence-electron chi connectivity index (χ3n) is 4.75. The van der Waals surface area contributed by atoms with Crippen molar-refractivity contribution in [1.29, 1.82) is 0 Å². The second kappa shape index (κ2) is 7.30. The van der Waals surface area contributed by atoms with Gasteiger partial charge in [0.2, 0.25) is 0 Å². The molecular formula is C23H18BrNO. The molecular weight excluding hydrogens is 386 g/mol. The van der Waals surface area contributed by atoms with Crippen LogP contribution in [0.2, 0.25) is 0 Å². The number of carbonyl (C=O) groups excluding carboxylic acids is 1. The number of aromatic amines is 1. The summed E-state index contributed by atoms with van der Waals surface area (Å²) in [5.41, 5.74) is 4.15. The molecule has 0 amide bonds. The average Bonchev–Trinajstić information content (AvgIpc) is 3.11. The van der Waals surface area contributed by atoms with E-state index in [9.17, 15) is 4.79 Å². The summed E-state index contributed by atoms with van der Waals surface area (Å²) >= 11 is 3.50. The van der Waals surface area contributed by atoms with Crippen molar-refractivity contribution >= 4 is 32.6 Å². The number of fused-ring (bicyclic) bond motifs is 1. The van der Waals surface area contributed by atoms with Crippen molar-refractivity contribution in [3.05, 3.63) is 106 Å². The van der Waals surface area contributed by atoms with Gasteiger partial charge in [-0.15, -0.1) is 0 Å². The number of para-hydroxylation sites is 1. The molecule has 0 aliphatic rings. The summed E-state index contributed by atoms with van der Waals surface area (Å²) in [5.74, 6) is 0.163. The van der Waals surface area contributed by atoms with Crippen LogP contribution in [0.5, 0.6) is 0 Å². The Morgan fingerprint density at radius 2 is 1.58 bits per heavy atom. The lowest BCUT2D eigenvalue weighted by Gasteiger charge is -2.17. The summed E-state index contributed by atoms with van der Waals surface area (Å²) in [5, 5.41) is 1.17. The van der Waals surface area contributed by atoms with Gasteiger partial charge in [-0.3, -0.25) is 4.79 Å². The van der Waals surface area contributed by atoms with E-state index in [2.05, 4.69) is 45.2 Å². The van der Waals surface area contributed by atoms with Crippen LogP contribution in [0, 0.1) is 0 Å². The maximum Gasteiger partial charge on any atom is 0.163 e. The first-order chi connectivity index (χ1) is 12.7. The number of ketones is 1. The van der Waals surface area contributed by atoms with Crippen LogP contribution in [0.15, 0.2) is 89.5 Å². The van der Waals surface area contributed by atoms with Crippen LogP contribution >= 0.6 is 15.9 Å². The Morgan fingerprint density at radius 1 is 0.885 bits per heavy atom. The number of H-pyrrole nitrogens is 1. The molecule has 0 saturated heterocycles. The zero-order valence-corrected chi connectivity index (χ0v) is 15.7. The summed E-state index contributed by atoms with van der Waals surface area (Å²) in [4.78, 5) is 16.2. The number of halogens is 1. The molecule has 26 heavy (non-hydrogen) atoms. The van der Waals surface area contributed by atoms with E-state index < -0.39 is 0 Å². The number of hydrogen-bond donors (Lipinski definition) is 1. The minimum absolute atomic E-state index is 0.00644. The highest BCUT2D eigenvalue weighted by atomic mass is 79.9. The maximum absolute atomic E-state index is 12.9. The van der Waals surface area contributed by atoms with Gasteiger partial charge in [0.1, 0.15) is 0 Å². The lowest BCUT2D eigenvalue weighted by atomic mass is 9.85. The van der Waals surface area contributed by atoms with E-state index in [0.29, 0.717) is 6.42 Å². The van der Waals surface area contributed by atoms with Crippen LogP contribution in [-0.2, 0) is 0 Å². The van der Waals surface area contributed by atoms with Crippen molar-refractivity contribution in [3.8, 4) is 0 Å². The zero-order chi connectivity index (χ0) is 17.9. The number of aromatic nitrogens is 1. The molecule has 0 bridgehead atoms. The number of benzene rings is 3. The van der Waals surface area contributed by atoms with Crippen LogP contribution in [0.25, 0.3) is 10.9 Å². The van der Waals surface area contributed by atoms with Crippen LogP contribution in [0.1, 0.15) is 33.8 Å². The second-order valence-corrected chi connectivity index (χ2v) is 7.30. The normalized spacial score (nSPS) is 12.2. The molecule has 4 aromatic rings. The van der Waals surface area contributed by atoms with Crippen molar-refractivity contribution in [2.45, 2.75) is 12.3 Å². The predicted molar refractivity (Wildman–Crippen MR) is 110 cm³/mol. The third kappa shape index (κ3) is 3.35. The Kier molecular flexibility index (Phi) is 4.72. The smallest absolute Gasteiger partial charge is 0.163 e. The van der Waals surface area contributed by atoms with Crippen LogP contribution < -0.4 is 0 Å². The lowest BCUT2D eigenvalue weighted by Crippen LogP contribution is -2.09. The first kappa shape index (κ1) is 16.8. The van der Waals surface area contributed by atoms with E-state index in [1.165, 1.54) is 5.39 Å². The molecule has 0 aliphatic heterocycles. The van der Waals surface area contributed by atoms with Gasteiger partial charge in [0.25, 0.3) is 0 Å². The van der Waals surface area contributed by atoms with Crippen molar-refractivity contribution in [2.24, 2.45) is 0 Å². The molecule has 2 nitrogen and oxygen atoms in total. The minimum atomic E-state index is 0.00644. The summed E-state index contributed by atoms with van der Waals surface area (Å²) in [6.45, 7) is 0. The van der Waals surface area contributed by atoms with E-state index in [1.807, 2.05) is 60.8 Å². The maximum atomic E-state index is 12.9. The highest BCUT2D eigenvalue weighted by molar-refractivity contribution is 9.10. The Morgan fingerprint density at radius 3 is 2.35 bits per heavy atom. The standard InChI is InChI=1S/C23H18BrNO/c24-18-12-10-16(11-13-18)20(14-23(26)17-6-2-1-3-7-17)21-15-25-22-9-5-4-8-19(21)22/h1-13,15,20,25H,14H2/t20-/m0/s1. The molecule has 1 heterocycles. The third-order valence-corrected chi connectivity index (χ3v) is 5.28. The number of nitrogens with one attached hydrogen (secondary N) is 1. The Balaban J connectivity index is 1.77.